The summed E-state index contributed by atoms with van der Waals surface area (Å²) in [5, 5.41) is 9.26. The van der Waals surface area contributed by atoms with Crippen molar-refractivity contribution in [2.75, 3.05) is 11.9 Å². The molecule has 2 aromatic carbocycles. The van der Waals surface area contributed by atoms with Crippen LogP contribution in [0.15, 0.2) is 42.5 Å². The molecule has 0 spiro atoms. The number of hydrogen-bond donors (Lipinski definition) is 1. The Hall–Kier alpha value is -2.36. The number of hydrogen-bond acceptors (Lipinski definition) is 2. The van der Waals surface area contributed by atoms with Crippen molar-refractivity contribution < 1.29 is 14.3 Å². The predicted molar refractivity (Wildman–Crippen MR) is 76.6 cm³/mol. The molecule has 0 heterocycles. The molecule has 0 aliphatic rings. The van der Waals surface area contributed by atoms with Crippen LogP contribution in [0.4, 0.5) is 10.1 Å². The van der Waals surface area contributed by atoms with Gasteiger partial charge in [0.2, 0.25) is 0 Å². The average Bonchev–Trinajstić information content (AvgIpc) is 2.40. The Bertz CT molecular complexity index is 640. The van der Waals surface area contributed by atoms with E-state index in [2.05, 4.69) is 0 Å². The van der Waals surface area contributed by atoms with Crippen LogP contribution < -0.4 is 4.90 Å². The van der Waals surface area contributed by atoms with Gasteiger partial charge >= 0.3 is 5.97 Å². The number of aryl methyl sites for hydroxylation is 1. The number of halogens is 1. The fourth-order valence-corrected chi connectivity index (χ4v) is 2.30. The van der Waals surface area contributed by atoms with E-state index in [0.717, 1.165) is 5.56 Å². The molecule has 0 amide bonds. The van der Waals surface area contributed by atoms with Crippen LogP contribution in [-0.4, -0.2) is 18.1 Å². The van der Waals surface area contributed by atoms with E-state index in [4.69, 9.17) is 0 Å². The van der Waals surface area contributed by atoms with Crippen LogP contribution in [0.2, 0.25) is 0 Å². The van der Waals surface area contributed by atoms with Gasteiger partial charge < -0.3 is 10.0 Å². The minimum atomic E-state index is -0.982. The number of rotatable bonds is 4. The van der Waals surface area contributed by atoms with Crippen molar-refractivity contribution in [2.45, 2.75) is 13.5 Å². The number of anilines is 1. The SMILES string of the molecule is Cc1cccc(C(=O)O)c1N(C)Cc1ccccc1F. The molecule has 0 aliphatic carbocycles. The minimum Gasteiger partial charge on any atom is -0.478 e. The van der Waals surface area contributed by atoms with Crippen LogP contribution in [0.25, 0.3) is 0 Å². The summed E-state index contributed by atoms with van der Waals surface area (Å²) in [4.78, 5) is 13.1. The quantitative estimate of drug-likeness (QED) is 0.927. The van der Waals surface area contributed by atoms with Gasteiger partial charge in [0.25, 0.3) is 0 Å². The van der Waals surface area contributed by atoms with E-state index in [1.807, 2.05) is 13.0 Å². The highest BCUT2D eigenvalue weighted by Gasteiger charge is 2.16. The summed E-state index contributed by atoms with van der Waals surface area (Å²) in [6.07, 6.45) is 0. The van der Waals surface area contributed by atoms with E-state index in [1.165, 1.54) is 6.07 Å². The van der Waals surface area contributed by atoms with Crippen LogP contribution >= 0.6 is 0 Å². The molecule has 20 heavy (non-hydrogen) atoms. The summed E-state index contributed by atoms with van der Waals surface area (Å²) >= 11 is 0. The topological polar surface area (TPSA) is 40.5 Å². The van der Waals surface area contributed by atoms with Crippen molar-refractivity contribution in [1.82, 2.24) is 0 Å². The zero-order chi connectivity index (χ0) is 14.7. The monoisotopic (exact) mass is 273 g/mol. The van der Waals surface area contributed by atoms with Crippen molar-refractivity contribution >= 4 is 11.7 Å². The summed E-state index contributed by atoms with van der Waals surface area (Å²) in [6, 6.07) is 11.6. The first kappa shape index (κ1) is 14.1. The molecule has 0 bridgehead atoms. The first-order chi connectivity index (χ1) is 9.50. The van der Waals surface area contributed by atoms with Gasteiger partial charge in [-0.1, -0.05) is 30.3 Å². The van der Waals surface area contributed by atoms with Gasteiger partial charge in [0.1, 0.15) is 5.82 Å². The molecule has 0 unspecified atom stereocenters. The Labute approximate surface area is 117 Å². The fourth-order valence-electron chi connectivity index (χ4n) is 2.30. The fraction of sp³-hybridized carbons (Fsp3) is 0.188. The Morgan fingerprint density at radius 1 is 1.20 bits per heavy atom. The standard InChI is InChI=1S/C16H16FNO2/c1-11-6-5-8-13(16(19)20)15(11)18(2)10-12-7-3-4-9-14(12)17/h3-9H,10H2,1-2H3,(H,19,20). The maximum absolute atomic E-state index is 13.7. The first-order valence-corrected chi connectivity index (χ1v) is 6.28. The molecule has 3 nitrogen and oxygen atoms in total. The molecule has 104 valence electrons. The number of benzene rings is 2. The first-order valence-electron chi connectivity index (χ1n) is 6.28. The second kappa shape index (κ2) is 5.74. The third-order valence-electron chi connectivity index (χ3n) is 3.22. The number of carbonyl (C=O) groups is 1. The van der Waals surface area contributed by atoms with Gasteiger partial charge in [0.05, 0.1) is 11.3 Å². The molecule has 0 saturated carbocycles. The van der Waals surface area contributed by atoms with Gasteiger partial charge in [-0.15, -0.1) is 0 Å². The molecular formula is C16H16FNO2. The molecule has 1 N–H and O–H groups in total. The number of aromatic carboxylic acids is 1. The van der Waals surface area contributed by atoms with E-state index in [9.17, 15) is 14.3 Å². The van der Waals surface area contributed by atoms with E-state index in [1.54, 1.807) is 42.3 Å². The predicted octanol–water partition coefficient (Wildman–Crippen LogP) is 3.47. The van der Waals surface area contributed by atoms with Gasteiger partial charge in [-0.05, 0) is 24.6 Å². The van der Waals surface area contributed by atoms with E-state index in [0.29, 0.717) is 17.8 Å². The lowest BCUT2D eigenvalue weighted by molar-refractivity contribution is 0.0697. The Morgan fingerprint density at radius 2 is 1.90 bits per heavy atom. The zero-order valence-electron chi connectivity index (χ0n) is 11.4. The van der Waals surface area contributed by atoms with Gasteiger partial charge in [-0.25, -0.2) is 9.18 Å². The van der Waals surface area contributed by atoms with Crippen LogP contribution in [-0.2, 0) is 6.54 Å². The second-order valence-electron chi connectivity index (χ2n) is 4.72. The summed E-state index contributed by atoms with van der Waals surface area (Å²) in [6.45, 7) is 2.16. The maximum atomic E-state index is 13.7. The van der Waals surface area contributed by atoms with Gasteiger partial charge in [0, 0.05) is 19.2 Å². The number of carboxylic acids is 1. The lowest BCUT2D eigenvalue weighted by Crippen LogP contribution is -2.21. The number of para-hydroxylation sites is 1. The molecule has 0 saturated heterocycles. The maximum Gasteiger partial charge on any atom is 0.337 e. The highest BCUT2D eigenvalue weighted by molar-refractivity contribution is 5.95. The van der Waals surface area contributed by atoms with Gasteiger partial charge in [-0.3, -0.25) is 0 Å². The van der Waals surface area contributed by atoms with Crippen molar-refractivity contribution in [2.24, 2.45) is 0 Å². The smallest absolute Gasteiger partial charge is 0.337 e. The molecule has 2 rings (SSSR count). The Morgan fingerprint density at radius 3 is 2.55 bits per heavy atom. The normalized spacial score (nSPS) is 10.3. The Kier molecular flexibility index (Phi) is 4.03. The third-order valence-corrected chi connectivity index (χ3v) is 3.22. The highest BCUT2D eigenvalue weighted by Crippen LogP contribution is 2.26. The summed E-state index contributed by atoms with van der Waals surface area (Å²) in [7, 11) is 1.77. The number of carboxylic acid groups (broad SMARTS) is 1. The molecule has 0 aliphatic heterocycles. The van der Waals surface area contributed by atoms with E-state index in [-0.39, 0.29) is 11.4 Å². The molecule has 0 atom stereocenters. The van der Waals surface area contributed by atoms with Crippen LogP contribution in [0.3, 0.4) is 0 Å². The molecule has 0 fully saturated rings. The molecule has 2 aromatic rings. The molecular weight excluding hydrogens is 257 g/mol. The molecule has 0 radical (unpaired) electrons. The van der Waals surface area contributed by atoms with Crippen LogP contribution in [0.1, 0.15) is 21.5 Å². The van der Waals surface area contributed by atoms with Crippen LogP contribution in [0.5, 0.6) is 0 Å². The molecule has 4 heteroatoms. The van der Waals surface area contributed by atoms with Gasteiger partial charge in [-0.2, -0.15) is 0 Å². The third kappa shape index (κ3) is 2.79. The summed E-state index contributed by atoms with van der Waals surface area (Å²) in [5.74, 6) is -1.27. The van der Waals surface area contributed by atoms with E-state index < -0.39 is 5.97 Å². The van der Waals surface area contributed by atoms with Gasteiger partial charge in [0.15, 0.2) is 0 Å². The van der Waals surface area contributed by atoms with Crippen molar-refractivity contribution in [3.05, 3.63) is 65.0 Å². The summed E-state index contributed by atoms with van der Waals surface area (Å²) < 4.78 is 13.7. The minimum absolute atomic E-state index is 0.226. The van der Waals surface area contributed by atoms with E-state index >= 15 is 0 Å². The highest BCUT2D eigenvalue weighted by atomic mass is 19.1. The molecule has 0 aromatic heterocycles. The number of nitrogens with zero attached hydrogens (tertiary/aromatic N) is 1. The largest absolute Gasteiger partial charge is 0.478 e. The lowest BCUT2D eigenvalue weighted by Gasteiger charge is -2.23. The van der Waals surface area contributed by atoms with Crippen molar-refractivity contribution in [3.63, 3.8) is 0 Å². The lowest BCUT2D eigenvalue weighted by atomic mass is 10.1. The van der Waals surface area contributed by atoms with Crippen molar-refractivity contribution in [1.29, 1.82) is 0 Å². The van der Waals surface area contributed by atoms with Crippen molar-refractivity contribution in [3.8, 4) is 0 Å². The summed E-state index contributed by atoms with van der Waals surface area (Å²) in [5.41, 5.74) is 2.23. The second-order valence-corrected chi connectivity index (χ2v) is 4.72. The average molecular weight is 273 g/mol. The zero-order valence-corrected chi connectivity index (χ0v) is 11.4. The Balaban J connectivity index is 2.37. The van der Waals surface area contributed by atoms with Crippen LogP contribution in [0, 0.1) is 12.7 Å².